The van der Waals surface area contributed by atoms with Gasteiger partial charge >= 0.3 is 5.97 Å². The van der Waals surface area contributed by atoms with Crippen LogP contribution >= 0.6 is 11.6 Å². The normalized spacial score (nSPS) is 10.7. The van der Waals surface area contributed by atoms with Crippen LogP contribution in [0, 0.1) is 17.0 Å². The maximum atomic E-state index is 12.6. The second-order valence-corrected chi connectivity index (χ2v) is 6.10. The van der Waals surface area contributed by atoms with E-state index in [2.05, 4.69) is 4.98 Å². The monoisotopic (exact) mass is 387 g/mol. The van der Waals surface area contributed by atoms with E-state index in [4.69, 9.17) is 16.3 Å². The number of aryl methyl sites for hydroxylation is 1. The number of non-ortho nitro benzene ring substituents is 1. The highest BCUT2D eigenvalue weighted by Gasteiger charge is 2.17. The van der Waals surface area contributed by atoms with Crippen LogP contribution in [0.5, 0.6) is 0 Å². The molecule has 3 aromatic rings. The SMILES string of the molecule is Cc1nc2ccccc2c(=O)n1CCOC(=O)c1cc([N+](=O)[O-])ccc1Cl. The first kappa shape index (κ1) is 18.5. The van der Waals surface area contributed by atoms with Crippen molar-refractivity contribution in [1.29, 1.82) is 0 Å². The lowest BCUT2D eigenvalue weighted by Gasteiger charge is -2.11. The number of halogens is 1. The molecule has 0 fully saturated rings. The van der Waals surface area contributed by atoms with E-state index in [1.165, 1.54) is 16.7 Å². The van der Waals surface area contributed by atoms with Crippen LogP contribution in [-0.4, -0.2) is 27.1 Å². The van der Waals surface area contributed by atoms with Crippen molar-refractivity contribution in [2.75, 3.05) is 6.61 Å². The number of esters is 1. The van der Waals surface area contributed by atoms with Crippen LogP contribution < -0.4 is 5.56 Å². The third-order valence-electron chi connectivity index (χ3n) is 3.98. The number of aromatic nitrogens is 2. The first-order chi connectivity index (χ1) is 12.9. The maximum Gasteiger partial charge on any atom is 0.339 e. The Morgan fingerprint density at radius 1 is 1.30 bits per heavy atom. The molecule has 8 nitrogen and oxygen atoms in total. The van der Waals surface area contributed by atoms with Crippen molar-refractivity contribution in [1.82, 2.24) is 9.55 Å². The summed E-state index contributed by atoms with van der Waals surface area (Å²) in [6.07, 6.45) is 0. The van der Waals surface area contributed by atoms with Crippen LogP contribution in [-0.2, 0) is 11.3 Å². The first-order valence-corrected chi connectivity index (χ1v) is 8.33. The molecule has 0 unspecified atom stereocenters. The molecular weight excluding hydrogens is 374 g/mol. The molecule has 27 heavy (non-hydrogen) atoms. The van der Waals surface area contributed by atoms with E-state index in [-0.39, 0.29) is 35.0 Å². The van der Waals surface area contributed by atoms with Gasteiger partial charge in [-0.05, 0) is 25.1 Å². The Bertz CT molecular complexity index is 1110. The Kier molecular flexibility index (Phi) is 5.18. The molecular formula is C18H14ClN3O5. The molecule has 1 heterocycles. The molecule has 0 bridgehead atoms. The van der Waals surface area contributed by atoms with Gasteiger partial charge in [-0.25, -0.2) is 9.78 Å². The molecule has 2 aromatic carbocycles. The fourth-order valence-corrected chi connectivity index (χ4v) is 2.83. The quantitative estimate of drug-likeness (QED) is 0.378. The Morgan fingerprint density at radius 2 is 2.04 bits per heavy atom. The minimum atomic E-state index is -0.803. The van der Waals surface area contributed by atoms with Crippen molar-refractivity contribution in [2.45, 2.75) is 13.5 Å². The second-order valence-electron chi connectivity index (χ2n) is 5.69. The highest BCUT2D eigenvalue weighted by Crippen LogP contribution is 2.22. The molecule has 3 rings (SSSR count). The summed E-state index contributed by atoms with van der Waals surface area (Å²) in [7, 11) is 0. The molecule has 0 aliphatic carbocycles. The molecule has 0 spiro atoms. The molecule has 0 radical (unpaired) electrons. The third kappa shape index (κ3) is 3.80. The number of nitrogens with zero attached hydrogens (tertiary/aromatic N) is 3. The van der Waals surface area contributed by atoms with Gasteiger partial charge in [0, 0.05) is 12.1 Å². The highest BCUT2D eigenvalue weighted by atomic mass is 35.5. The summed E-state index contributed by atoms with van der Waals surface area (Å²) in [6, 6.07) is 10.5. The summed E-state index contributed by atoms with van der Waals surface area (Å²) >= 11 is 5.92. The standard InChI is InChI=1S/C18H14ClN3O5/c1-11-20-16-5-3-2-4-13(16)17(23)21(11)8-9-27-18(24)14-10-12(22(25)26)6-7-15(14)19/h2-7,10H,8-9H2,1H3. The molecule has 138 valence electrons. The van der Waals surface area contributed by atoms with Crippen molar-refractivity contribution in [2.24, 2.45) is 0 Å². The molecule has 0 amide bonds. The van der Waals surface area contributed by atoms with E-state index in [0.717, 1.165) is 6.07 Å². The molecule has 0 N–H and O–H groups in total. The molecule has 0 aliphatic heterocycles. The van der Waals surface area contributed by atoms with Crippen molar-refractivity contribution in [3.8, 4) is 0 Å². The largest absolute Gasteiger partial charge is 0.460 e. The van der Waals surface area contributed by atoms with Gasteiger partial charge in [0.15, 0.2) is 0 Å². The van der Waals surface area contributed by atoms with Crippen LogP contribution in [0.25, 0.3) is 10.9 Å². The third-order valence-corrected chi connectivity index (χ3v) is 4.31. The van der Waals surface area contributed by atoms with E-state index in [1.54, 1.807) is 31.2 Å². The van der Waals surface area contributed by atoms with Crippen molar-refractivity contribution in [3.63, 3.8) is 0 Å². The van der Waals surface area contributed by atoms with Gasteiger partial charge in [-0.3, -0.25) is 19.5 Å². The Labute approximate surface area is 158 Å². The molecule has 0 saturated carbocycles. The number of carbonyl (C=O) groups excluding carboxylic acids is 1. The van der Waals surface area contributed by atoms with Gasteiger partial charge in [0.05, 0.1) is 33.0 Å². The summed E-state index contributed by atoms with van der Waals surface area (Å²) in [5, 5.41) is 11.3. The van der Waals surface area contributed by atoms with Gasteiger partial charge < -0.3 is 4.74 Å². The zero-order valence-electron chi connectivity index (χ0n) is 14.2. The summed E-state index contributed by atoms with van der Waals surface area (Å²) in [5.41, 5.74) is -0.0112. The Hall–Kier alpha value is -3.26. The lowest BCUT2D eigenvalue weighted by Crippen LogP contribution is -2.26. The maximum absolute atomic E-state index is 12.6. The van der Waals surface area contributed by atoms with Gasteiger partial charge in [0.25, 0.3) is 11.2 Å². The molecule has 0 saturated heterocycles. The number of hydrogen-bond acceptors (Lipinski definition) is 6. The predicted octanol–water partition coefficient (Wildman–Crippen LogP) is 3.12. The number of ether oxygens (including phenoxy) is 1. The number of rotatable bonds is 5. The van der Waals surface area contributed by atoms with Gasteiger partial charge in [-0.2, -0.15) is 0 Å². The summed E-state index contributed by atoms with van der Waals surface area (Å²) in [6.45, 7) is 1.67. The average molecular weight is 388 g/mol. The minimum Gasteiger partial charge on any atom is -0.460 e. The van der Waals surface area contributed by atoms with Crippen LogP contribution in [0.3, 0.4) is 0 Å². The van der Waals surface area contributed by atoms with Gasteiger partial charge in [0.1, 0.15) is 12.4 Å². The Morgan fingerprint density at radius 3 is 2.78 bits per heavy atom. The van der Waals surface area contributed by atoms with E-state index in [0.29, 0.717) is 16.7 Å². The van der Waals surface area contributed by atoms with Gasteiger partial charge in [0.2, 0.25) is 0 Å². The van der Waals surface area contributed by atoms with Crippen LogP contribution in [0.4, 0.5) is 5.69 Å². The van der Waals surface area contributed by atoms with E-state index >= 15 is 0 Å². The Balaban J connectivity index is 1.76. The molecule has 1 aromatic heterocycles. The fourth-order valence-electron chi connectivity index (χ4n) is 2.63. The van der Waals surface area contributed by atoms with Crippen LogP contribution in [0.1, 0.15) is 16.2 Å². The van der Waals surface area contributed by atoms with Crippen molar-refractivity contribution in [3.05, 3.63) is 79.3 Å². The summed E-state index contributed by atoms with van der Waals surface area (Å²) < 4.78 is 6.54. The number of para-hydroxylation sites is 1. The number of nitro groups is 1. The fraction of sp³-hybridized carbons (Fsp3) is 0.167. The van der Waals surface area contributed by atoms with Crippen molar-refractivity contribution >= 4 is 34.2 Å². The highest BCUT2D eigenvalue weighted by molar-refractivity contribution is 6.33. The van der Waals surface area contributed by atoms with Crippen LogP contribution in [0.2, 0.25) is 5.02 Å². The lowest BCUT2D eigenvalue weighted by atomic mass is 10.2. The predicted molar refractivity (Wildman–Crippen MR) is 99.1 cm³/mol. The number of carbonyl (C=O) groups is 1. The topological polar surface area (TPSA) is 104 Å². The lowest BCUT2D eigenvalue weighted by molar-refractivity contribution is -0.384. The molecule has 0 aliphatic rings. The zero-order valence-corrected chi connectivity index (χ0v) is 15.0. The summed E-state index contributed by atoms with van der Waals surface area (Å²) in [4.78, 5) is 39.3. The number of hydrogen-bond donors (Lipinski definition) is 0. The number of nitro benzene ring substituents is 1. The van der Waals surface area contributed by atoms with E-state index in [9.17, 15) is 19.7 Å². The van der Waals surface area contributed by atoms with E-state index in [1.807, 2.05) is 0 Å². The summed E-state index contributed by atoms with van der Waals surface area (Å²) in [5.74, 6) is -0.314. The molecule has 0 atom stereocenters. The van der Waals surface area contributed by atoms with Crippen LogP contribution in [0.15, 0.2) is 47.3 Å². The van der Waals surface area contributed by atoms with Crippen molar-refractivity contribution < 1.29 is 14.5 Å². The minimum absolute atomic E-state index is 0.0475. The number of benzene rings is 2. The number of fused-ring (bicyclic) bond motifs is 1. The smallest absolute Gasteiger partial charge is 0.339 e. The first-order valence-electron chi connectivity index (χ1n) is 7.95. The average Bonchev–Trinajstić information content (AvgIpc) is 2.64. The molecule has 9 heteroatoms. The van der Waals surface area contributed by atoms with E-state index < -0.39 is 10.9 Å². The zero-order chi connectivity index (χ0) is 19.6. The van der Waals surface area contributed by atoms with Gasteiger partial charge in [-0.1, -0.05) is 23.7 Å². The second kappa shape index (κ2) is 7.55. The van der Waals surface area contributed by atoms with Gasteiger partial charge in [-0.15, -0.1) is 0 Å².